The number of allylic oxidation sites excluding steroid dienone is 4. The molecule has 2 fully saturated rings. The first kappa shape index (κ1) is 35.6. The Morgan fingerprint density at radius 1 is 0.518 bits per heavy atom. The van der Waals surface area contributed by atoms with Crippen LogP contribution in [0.25, 0.3) is 34.4 Å². The van der Waals surface area contributed by atoms with Crippen molar-refractivity contribution in [3.63, 3.8) is 0 Å². The number of rotatable bonds is 2. The lowest BCUT2D eigenvalue weighted by Gasteiger charge is -2.35. The lowest BCUT2D eigenvalue weighted by Crippen LogP contribution is -2.29. The van der Waals surface area contributed by atoms with Crippen LogP contribution in [0.3, 0.4) is 0 Å². The van der Waals surface area contributed by atoms with Gasteiger partial charge in [0.05, 0.1) is 32.3 Å². The predicted octanol–water partition coefficient (Wildman–Crippen LogP) is 10.6. The van der Waals surface area contributed by atoms with E-state index in [1.807, 2.05) is 0 Å². The molecule has 284 valence electrons. The standard InChI is InChI=1S/C42H28F6N2O4S2/c43-41(44,45)19-7-9-21-23(15-19)25(33(53)31(21)51)17-27-49-37-36(56-27)30-29(39(37)11-3-1-4-12-39)35-38(40(30)13-5-2-6-14-40)50-28(55-35)18-26-24-16-20(42(46,47)48)8-10-22(24)32(52)34(26)54/h7-10,15-18H,1-6,11-14H2/b25-17-,26-18-. The molecule has 14 heteroatoms. The number of fused-ring (bicyclic) bond motifs is 10. The maximum Gasteiger partial charge on any atom is 0.416 e. The summed E-state index contributed by atoms with van der Waals surface area (Å²) in [5, 5.41) is 0.850. The molecule has 4 aromatic rings. The van der Waals surface area contributed by atoms with Crippen molar-refractivity contribution >= 4 is 80.3 Å². The number of benzene rings is 2. The van der Waals surface area contributed by atoms with Crippen LogP contribution < -0.4 is 0 Å². The number of Topliss-reactive ketones (excluding diaryl/α,β-unsaturated/α-hetero) is 4. The molecule has 0 N–H and O–H groups in total. The van der Waals surface area contributed by atoms with Crippen LogP contribution in [0, 0.1) is 0 Å². The Morgan fingerprint density at radius 2 is 0.893 bits per heavy atom. The van der Waals surface area contributed by atoms with E-state index in [0.29, 0.717) is 10.0 Å². The van der Waals surface area contributed by atoms with Gasteiger partial charge in [0.25, 0.3) is 0 Å². The summed E-state index contributed by atoms with van der Waals surface area (Å²) in [4.78, 5) is 64.4. The van der Waals surface area contributed by atoms with Crippen LogP contribution in [0.4, 0.5) is 26.3 Å². The third-order valence-corrected chi connectivity index (χ3v) is 14.5. The average Bonchev–Trinajstić information content (AvgIpc) is 3.98. The highest BCUT2D eigenvalue weighted by atomic mass is 32.1. The molecule has 0 unspecified atom stereocenters. The summed E-state index contributed by atoms with van der Waals surface area (Å²) in [5.74, 6) is -3.47. The molecule has 0 aliphatic heterocycles. The highest BCUT2D eigenvalue weighted by Crippen LogP contribution is 2.70. The summed E-state index contributed by atoms with van der Waals surface area (Å²) >= 11 is 2.74. The summed E-state index contributed by atoms with van der Waals surface area (Å²) in [5.41, 5.74) is 0.522. The largest absolute Gasteiger partial charge is 0.416 e. The molecule has 0 amide bonds. The van der Waals surface area contributed by atoms with Crippen LogP contribution in [0.5, 0.6) is 0 Å². The molecule has 10 rings (SSSR count). The van der Waals surface area contributed by atoms with Gasteiger partial charge in [-0.3, -0.25) is 19.2 Å². The van der Waals surface area contributed by atoms with E-state index < -0.39 is 57.4 Å². The number of aromatic nitrogens is 2. The first-order valence-electron chi connectivity index (χ1n) is 18.5. The summed E-state index contributed by atoms with van der Waals surface area (Å²) < 4.78 is 82.2. The molecule has 2 heterocycles. The molecule has 0 atom stereocenters. The van der Waals surface area contributed by atoms with Gasteiger partial charge in [-0.2, -0.15) is 26.3 Å². The smallest absolute Gasteiger partial charge is 0.285 e. The zero-order valence-electron chi connectivity index (χ0n) is 29.3. The Hall–Kier alpha value is -4.82. The summed E-state index contributed by atoms with van der Waals surface area (Å²) in [6.07, 6.45) is 2.37. The van der Waals surface area contributed by atoms with E-state index in [-0.39, 0.29) is 33.4 Å². The molecule has 2 aromatic heterocycles. The van der Waals surface area contributed by atoms with E-state index in [1.54, 1.807) is 0 Å². The minimum absolute atomic E-state index is 0.0604. The summed E-state index contributed by atoms with van der Waals surface area (Å²) in [6, 6.07) is 5.41. The van der Waals surface area contributed by atoms with Gasteiger partial charge < -0.3 is 0 Å². The van der Waals surface area contributed by atoms with Gasteiger partial charge in [-0.15, -0.1) is 22.7 Å². The van der Waals surface area contributed by atoms with E-state index >= 15 is 0 Å². The van der Waals surface area contributed by atoms with Gasteiger partial charge >= 0.3 is 12.4 Å². The second-order valence-electron chi connectivity index (χ2n) is 15.4. The van der Waals surface area contributed by atoms with Gasteiger partial charge in [0.2, 0.25) is 23.1 Å². The van der Waals surface area contributed by atoms with E-state index in [9.17, 15) is 45.5 Å². The monoisotopic (exact) mass is 802 g/mol. The Bertz CT molecular complexity index is 2430. The fourth-order valence-electron chi connectivity index (χ4n) is 10.00. The Balaban J connectivity index is 1.13. The van der Waals surface area contributed by atoms with E-state index in [0.717, 1.165) is 133 Å². The molecule has 6 aliphatic rings. The maximum absolute atomic E-state index is 13.7. The minimum atomic E-state index is -4.67. The van der Waals surface area contributed by atoms with Gasteiger partial charge in [0.15, 0.2) is 0 Å². The molecule has 2 spiro atoms. The number of alkyl halides is 6. The number of ketones is 4. The van der Waals surface area contributed by atoms with Crippen molar-refractivity contribution in [1.29, 1.82) is 0 Å². The van der Waals surface area contributed by atoms with Crippen molar-refractivity contribution < 1.29 is 45.5 Å². The Morgan fingerprint density at radius 3 is 1.25 bits per heavy atom. The lowest BCUT2D eigenvalue weighted by atomic mass is 9.68. The molecule has 56 heavy (non-hydrogen) atoms. The van der Waals surface area contributed by atoms with Gasteiger partial charge in [0.1, 0.15) is 10.0 Å². The third kappa shape index (κ3) is 4.87. The van der Waals surface area contributed by atoms with E-state index in [2.05, 4.69) is 0 Å². The first-order valence-corrected chi connectivity index (χ1v) is 20.1. The second kappa shape index (κ2) is 11.9. The summed E-state index contributed by atoms with van der Waals surface area (Å²) in [6.45, 7) is 0. The number of halogens is 6. The second-order valence-corrected chi connectivity index (χ2v) is 17.5. The molecule has 0 bridgehead atoms. The van der Waals surface area contributed by atoms with Crippen LogP contribution in [0.1, 0.15) is 138 Å². The average molecular weight is 803 g/mol. The predicted molar refractivity (Wildman–Crippen MR) is 198 cm³/mol. The normalized spacial score (nSPS) is 22.2. The Kier molecular flexibility index (Phi) is 7.53. The van der Waals surface area contributed by atoms with Gasteiger partial charge in [-0.1, -0.05) is 38.5 Å². The van der Waals surface area contributed by atoms with Crippen molar-refractivity contribution in [3.05, 3.63) is 101 Å². The summed E-state index contributed by atoms with van der Waals surface area (Å²) in [7, 11) is 0. The zero-order valence-corrected chi connectivity index (χ0v) is 30.9. The van der Waals surface area contributed by atoms with Crippen LogP contribution in [0.2, 0.25) is 0 Å². The molecule has 0 saturated heterocycles. The zero-order chi connectivity index (χ0) is 39.1. The number of carbonyl (C=O) groups excluding carboxylic acids is 4. The van der Waals surface area contributed by atoms with E-state index in [4.69, 9.17) is 9.97 Å². The van der Waals surface area contributed by atoms with Crippen molar-refractivity contribution in [2.75, 3.05) is 0 Å². The lowest BCUT2D eigenvalue weighted by molar-refractivity contribution is -0.138. The fourth-order valence-corrected chi connectivity index (χ4v) is 12.5. The molecular formula is C42H28F6N2O4S2. The quantitative estimate of drug-likeness (QED) is 0.114. The van der Waals surface area contributed by atoms with Gasteiger partial charge in [-0.25, -0.2) is 9.97 Å². The van der Waals surface area contributed by atoms with Crippen LogP contribution >= 0.6 is 22.7 Å². The SMILES string of the molecule is O=C1C(=O)c2ccc(C(F)(F)F)cc2/C1=C/c1nc2c(s1)C1=C(c3sc(/C=C4\C(=O)C(=O)c5ccc(C(F)(F)F)cc54)nc3C13CCCCC3)C21CCCCC1. The van der Waals surface area contributed by atoms with E-state index in [1.165, 1.54) is 34.8 Å². The van der Waals surface area contributed by atoms with Gasteiger partial charge in [-0.05, 0) is 96.5 Å². The van der Waals surface area contributed by atoms with Gasteiger partial charge in [0, 0.05) is 33.1 Å². The van der Waals surface area contributed by atoms with Crippen molar-refractivity contribution in [1.82, 2.24) is 9.97 Å². The molecule has 2 saturated carbocycles. The van der Waals surface area contributed by atoms with Crippen molar-refractivity contribution in [3.8, 4) is 0 Å². The molecular weight excluding hydrogens is 775 g/mol. The van der Waals surface area contributed by atoms with Crippen molar-refractivity contribution in [2.24, 2.45) is 0 Å². The molecule has 0 radical (unpaired) electrons. The van der Waals surface area contributed by atoms with Crippen LogP contribution in [-0.2, 0) is 32.8 Å². The number of nitrogens with zero attached hydrogens (tertiary/aromatic N) is 2. The molecule has 6 nitrogen and oxygen atoms in total. The first-order chi connectivity index (χ1) is 26.6. The number of hydrogen-bond donors (Lipinski definition) is 0. The topological polar surface area (TPSA) is 94.1 Å². The van der Waals surface area contributed by atoms with Crippen LogP contribution in [-0.4, -0.2) is 33.1 Å². The van der Waals surface area contributed by atoms with Crippen molar-refractivity contribution in [2.45, 2.75) is 87.4 Å². The number of carbonyl (C=O) groups is 4. The highest BCUT2D eigenvalue weighted by molar-refractivity contribution is 7.15. The minimum Gasteiger partial charge on any atom is -0.285 e. The Labute approximate surface area is 323 Å². The number of thiazole rings is 2. The molecule has 6 aliphatic carbocycles. The highest BCUT2D eigenvalue weighted by Gasteiger charge is 2.60. The third-order valence-electron chi connectivity index (χ3n) is 12.5. The number of hydrogen-bond acceptors (Lipinski definition) is 8. The molecule has 2 aromatic carbocycles. The maximum atomic E-state index is 13.7. The van der Waals surface area contributed by atoms with Crippen LogP contribution in [0.15, 0.2) is 36.4 Å². The fraction of sp³-hybridized carbons (Fsp3) is 0.333.